The van der Waals surface area contributed by atoms with Crippen LogP contribution in [-0.2, 0) is 14.8 Å². The first-order valence-corrected chi connectivity index (χ1v) is 9.99. The standard InChI is InChI=1S/C16H25N3O5S/c1-3-11(4-2)16-9-12(5-6-24-16)18-13-7-14(19(20)21)10-15(8-13)25(17,22)23/h7-8,10-12,16,18H,3-6,9H2,1-2H3,(H2,17,22,23). The number of ether oxygens (including phenoxy) is 1. The van der Waals surface area contributed by atoms with Crippen molar-refractivity contribution in [2.45, 2.75) is 56.6 Å². The van der Waals surface area contributed by atoms with Gasteiger partial charge in [-0.25, -0.2) is 13.6 Å². The molecular weight excluding hydrogens is 346 g/mol. The number of nitrogens with one attached hydrogen (secondary N) is 1. The topological polar surface area (TPSA) is 125 Å². The molecule has 0 aromatic heterocycles. The monoisotopic (exact) mass is 371 g/mol. The summed E-state index contributed by atoms with van der Waals surface area (Å²) in [6.45, 7) is 4.87. The van der Waals surface area contributed by atoms with E-state index >= 15 is 0 Å². The molecule has 1 aliphatic rings. The number of primary sulfonamides is 1. The predicted octanol–water partition coefficient (Wildman–Crippen LogP) is 2.64. The summed E-state index contributed by atoms with van der Waals surface area (Å²) in [5, 5.41) is 19.4. The van der Waals surface area contributed by atoms with Gasteiger partial charge in [0.2, 0.25) is 10.0 Å². The molecule has 0 spiro atoms. The number of nitrogens with zero attached hydrogens (tertiary/aromatic N) is 1. The molecule has 0 amide bonds. The van der Waals surface area contributed by atoms with Crippen molar-refractivity contribution in [3.8, 4) is 0 Å². The Morgan fingerprint density at radius 3 is 2.60 bits per heavy atom. The minimum absolute atomic E-state index is 0.0645. The van der Waals surface area contributed by atoms with Crippen LogP contribution in [0.5, 0.6) is 0 Å². The van der Waals surface area contributed by atoms with Gasteiger partial charge in [0.25, 0.3) is 5.69 Å². The van der Waals surface area contributed by atoms with E-state index in [2.05, 4.69) is 19.2 Å². The van der Waals surface area contributed by atoms with Gasteiger partial charge in [0.05, 0.1) is 15.9 Å². The molecule has 1 fully saturated rings. The lowest BCUT2D eigenvalue weighted by Crippen LogP contribution is -2.38. The first-order valence-electron chi connectivity index (χ1n) is 8.45. The quantitative estimate of drug-likeness (QED) is 0.561. The van der Waals surface area contributed by atoms with Crippen LogP contribution in [0.15, 0.2) is 23.1 Å². The van der Waals surface area contributed by atoms with E-state index < -0.39 is 14.9 Å². The van der Waals surface area contributed by atoms with Crippen molar-refractivity contribution in [2.24, 2.45) is 11.1 Å². The minimum atomic E-state index is -4.02. The molecule has 1 aromatic carbocycles. The first-order chi connectivity index (χ1) is 11.7. The maximum absolute atomic E-state index is 11.6. The third-order valence-electron chi connectivity index (χ3n) is 4.69. The number of anilines is 1. The Morgan fingerprint density at radius 2 is 2.04 bits per heavy atom. The zero-order chi connectivity index (χ0) is 18.6. The van der Waals surface area contributed by atoms with E-state index in [9.17, 15) is 18.5 Å². The maximum Gasteiger partial charge on any atom is 0.272 e. The summed E-state index contributed by atoms with van der Waals surface area (Å²) >= 11 is 0. The zero-order valence-corrected chi connectivity index (χ0v) is 15.3. The number of nitro groups is 1. The van der Waals surface area contributed by atoms with E-state index in [0.717, 1.165) is 31.7 Å². The summed E-state index contributed by atoms with van der Waals surface area (Å²) in [5.41, 5.74) is 0.0750. The Labute approximate surface area is 147 Å². The number of nitro benzene ring substituents is 1. The number of nitrogens with two attached hydrogens (primary N) is 1. The SMILES string of the molecule is CCC(CC)C1CC(Nc2cc([N+](=O)[O-])cc(S(N)(=O)=O)c2)CCO1. The Kier molecular flexibility index (Phi) is 6.36. The van der Waals surface area contributed by atoms with Crippen LogP contribution >= 0.6 is 0 Å². The van der Waals surface area contributed by atoms with Gasteiger partial charge < -0.3 is 10.1 Å². The van der Waals surface area contributed by atoms with Gasteiger partial charge in [-0.1, -0.05) is 26.7 Å². The normalized spacial score (nSPS) is 21.3. The second kappa shape index (κ2) is 8.11. The molecule has 140 valence electrons. The summed E-state index contributed by atoms with van der Waals surface area (Å²) in [4.78, 5) is 10.2. The predicted molar refractivity (Wildman–Crippen MR) is 94.9 cm³/mol. The van der Waals surface area contributed by atoms with Crippen molar-refractivity contribution in [3.63, 3.8) is 0 Å². The van der Waals surface area contributed by atoms with Crippen molar-refractivity contribution < 1.29 is 18.1 Å². The molecule has 0 aliphatic carbocycles. The fourth-order valence-corrected chi connectivity index (χ4v) is 3.85. The average Bonchev–Trinajstić information content (AvgIpc) is 2.55. The van der Waals surface area contributed by atoms with Crippen LogP contribution in [0.25, 0.3) is 0 Å². The van der Waals surface area contributed by atoms with Crippen molar-refractivity contribution in [3.05, 3.63) is 28.3 Å². The number of benzene rings is 1. The van der Waals surface area contributed by atoms with E-state index in [-0.39, 0.29) is 22.7 Å². The molecule has 0 saturated carbocycles. The number of hydrogen-bond donors (Lipinski definition) is 2. The molecule has 9 heteroatoms. The van der Waals surface area contributed by atoms with E-state index in [1.807, 2.05) is 0 Å². The molecule has 0 radical (unpaired) electrons. The maximum atomic E-state index is 11.6. The lowest BCUT2D eigenvalue weighted by atomic mass is 9.89. The fraction of sp³-hybridized carbons (Fsp3) is 0.625. The van der Waals surface area contributed by atoms with Gasteiger partial charge in [0.1, 0.15) is 0 Å². The van der Waals surface area contributed by atoms with Gasteiger partial charge >= 0.3 is 0 Å². The van der Waals surface area contributed by atoms with Gasteiger partial charge in [0, 0.05) is 30.5 Å². The number of non-ortho nitro benzene ring substituents is 1. The summed E-state index contributed by atoms with van der Waals surface area (Å²) in [7, 11) is -4.02. The molecule has 2 rings (SSSR count). The lowest BCUT2D eigenvalue weighted by molar-refractivity contribution is -0.385. The Bertz CT molecular complexity index is 718. The molecule has 1 saturated heterocycles. The second-order valence-electron chi connectivity index (χ2n) is 6.37. The fourth-order valence-electron chi connectivity index (χ4n) is 3.27. The summed E-state index contributed by atoms with van der Waals surface area (Å²) in [6, 6.07) is 3.70. The zero-order valence-electron chi connectivity index (χ0n) is 14.5. The molecule has 0 bridgehead atoms. The van der Waals surface area contributed by atoms with E-state index in [1.54, 1.807) is 0 Å². The summed E-state index contributed by atoms with van der Waals surface area (Å²) in [5.74, 6) is 0.467. The number of hydrogen-bond acceptors (Lipinski definition) is 6. The van der Waals surface area contributed by atoms with Gasteiger partial charge in [-0.3, -0.25) is 10.1 Å². The van der Waals surface area contributed by atoms with E-state index in [1.165, 1.54) is 12.1 Å². The van der Waals surface area contributed by atoms with Gasteiger partial charge in [-0.2, -0.15) is 0 Å². The second-order valence-corrected chi connectivity index (χ2v) is 7.93. The van der Waals surface area contributed by atoms with Gasteiger partial charge in [-0.15, -0.1) is 0 Å². The number of sulfonamides is 1. The largest absolute Gasteiger partial charge is 0.382 e. The molecule has 3 N–H and O–H groups in total. The minimum Gasteiger partial charge on any atom is -0.382 e. The van der Waals surface area contributed by atoms with E-state index in [0.29, 0.717) is 18.2 Å². The van der Waals surface area contributed by atoms with Crippen LogP contribution in [0, 0.1) is 16.0 Å². The Hall–Kier alpha value is -1.71. The smallest absolute Gasteiger partial charge is 0.272 e. The van der Waals surface area contributed by atoms with Crippen LogP contribution in [0.3, 0.4) is 0 Å². The highest BCUT2D eigenvalue weighted by Gasteiger charge is 2.28. The summed E-state index contributed by atoms with van der Waals surface area (Å²) < 4.78 is 29.0. The molecule has 8 nitrogen and oxygen atoms in total. The van der Waals surface area contributed by atoms with Crippen molar-refractivity contribution >= 4 is 21.4 Å². The van der Waals surface area contributed by atoms with Crippen LogP contribution in [-0.4, -0.2) is 32.1 Å². The molecular formula is C16H25N3O5S. The van der Waals surface area contributed by atoms with Crippen molar-refractivity contribution in [1.82, 2.24) is 0 Å². The third-order valence-corrected chi connectivity index (χ3v) is 5.58. The van der Waals surface area contributed by atoms with Crippen LogP contribution < -0.4 is 10.5 Å². The highest BCUT2D eigenvalue weighted by Crippen LogP contribution is 2.29. The van der Waals surface area contributed by atoms with Crippen LogP contribution in [0.1, 0.15) is 39.5 Å². The van der Waals surface area contributed by atoms with Gasteiger partial charge in [-0.05, 0) is 24.8 Å². The molecule has 1 aliphatic heterocycles. The Morgan fingerprint density at radius 1 is 1.36 bits per heavy atom. The molecule has 1 heterocycles. The highest BCUT2D eigenvalue weighted by atomic mass is 32.2. The molecule has 2 atom stereocenters. The molecule has 2 unspecified atom stereocenters. The van der Waals surface area contributed by atoms with Crippen molar-refractivity contribution in [1.29, 1.82) is 0 Å². The average molecular weight is 371 g/mol. The molecule has 25 heavy (non-hydrogen) atoms. The number of rotatable bonds is 7. The van der Waals surface area contributed by atoms with Crippen LogP contribution in [0.2, 0.25) is 0 Å². The summed E-state index contributed by atoms with van der Waals surface area (Å²) in [6.07, 6.45) is 3.72. The van der Waals surface area contributed by atoms with Crippen molar-refractivity contribution in [2.75, 3.05) is 11.9 Å². The first kappa shape index (κ1) is 19.6. The lowest BCUT2D eigenvalue weighted by Gasteiger charge is -2.35. The third kappa shape index (κ3) is 5.13. The Balaban J connectivity index is 2.21. The highest BCUT2D eigenvalue weighted by molar-refractivity contribution is 7.89. The van der Waals surface area contributed by atoms with Crippen LogP contribution in [0.4, 0.5) is 11.4 Å². The van der Waals surface area contributed by atoms with Gasteiger partial charge in [0.15, 0.2) is 0 Å². The molecule has 1 aromatic rings. The van der Waals surface area contributed by atoms with E-state index in [4.69, 9.17) is 9.88 Å².